The van der Waals surface area contributed by atoms with Gasteiger partial charge in [0.1, 0.15) is 0 Å². The summed E-state index contributed by atoms with van der Waals surface area (Å²) in [5, 5.41) is 20.5. The topological polar surface area (TPSA) is 40.5 Å². The molecule has 0 radical (unpaired) electrons. The van der Waals surface area contributed by atoms with Crippen molar-refractivity contribution in [3.63, 3.8) is 0 Å². The van der Waals surface area contributed by atoms with Crippen LogP contribution in [0.3, 0.4) is 0 Å². The largest absolute Gasteiger partial charge is 0.393 e. The van der Waals surface area contributed by atoms with Crippen molar-refractivity contribution >= 4 is 0 Å². The van der Waals surface area contributed by atoms with Gasteiger partial charge in [-0.2, -0.15) is 0 Å². The van der Waals surface area contributed by atoms with Crippen LogP contribution in [0.25, 0.3) is 0 Å². The standard InChI is InChI=1S/C15H28O2/c1-10-6-5-7-11-8-13(16)12(14(2,3)17)9-15(10,11)4/h10-13,16-17H,5-9H2,1-4H3/t10-,11+,12?,13?,15+/m1/s1. The number of hydrogen-bond donors (Lipinski definition) is 2. The van der Waals surface area contributed by atoms with Crippen molar-refractivity contribution < 1.29 is 10.2 Å². The Balaban J connectivity index is 2.22. The van der Waals surface area contributed by atoms with Crippen LogP contribution in [-0.4, -0.2) is 21.9 Å². The quantitative estimate of drug-likeness (QED) is 0.740. The molecule has 0 amide bonds. The Bertz CT molecular complexity index is 281. The molecule has 0 spiro atoms. The lowest BCUT2D eigenvalue weighted by molar-refractivity contribution is -0.135. The van der Waals surface area contributed by atoms with Gasteiger partial charge in [0.05, 0.1) is 11.7 Å². The molecule has 0 heterocycles. The molecule has 0 aromatic rings. The lowest BCUT2D eigenvalue weighted by Crippen LogP contribution is -2.53. The number of aliphatic hydroxyl groups excluding tert-OH is 1. The molecule has 2 rings (SSSR count). The highest BCUT2D eigenvalue weighted by Gasteiger charge is 2.51. The fraction of sp³-hybridized carbons (Fsp3) is 1.00. The Labute approximate surface area is 105 Å². The Morgan fingerprint density at radius 3 is 2.47 bits per heavy atom. The molecule has 2 aliphatic rings. The van der Waals surface area contributed by atoms with Crippen LogP contribution in [0.2, 0.25) is 0 Å². The van der Waals surface area contributed by atoms with Crippen LogP contribution in [-0.2, 0) is 0 Å². The van der Waals surface area contributed by atoms with Crippen molar-refractivity contribution in [2.24, 2.45) is 23.2 Å². The van der Waals surface area contributed by atoms with E-state index < -0.39 is 5.60 Å². The summed E-state index contributed by atoms with van der Waals surface area (Å²) in [7, 11) is 0. The highest BCUT2D eigenvalue weighted by atomic mass is 16.3. The average Bonchev–Trinajstić information content (AvgIpc) is 2.19. The van der Waals surface area contributed by atoms with Crippen molar-refractivity contribution in [1.82, 2.24) is 0 Å². The van der Waals surface area contributed by atoms with Crippen molar-refractivity contribution in [3.8, 4) is 0 Å². The molecule has 17 heavy (non-hydrogen) atoms. The summed E-state index contributed by atoms with van der Waals surface area (Å²) in [6, 6.07) is 0. The normalized spacial score (nSPS) is 47.6. The first kappa shape index (κ1) is 13.4. The lowest BCUT2D eigenvalue weighted by atomic mass is 9.52. The molecule has 2 heteroatoms. The van der Waals surface area contributed by atoms with Crippen LogP contribution in [0.5, 0.6) is 0 Å². The number of aliphatic hydroxyl groups is 2. The van der Waals surface area contributed by atoms with E-state index in [0.717, 1.165) is 18.8 Å². The SMILES string of the molecule is C[C@@H]1CCC[C@H]2CC(O)C(C(C)(C)O)C[C@]21C. The summed E-state index contributed by atoms with van der Waals surface area (Å²) in [5.41, 5.74) is -0.438. The Morgan fingerprint density at radius 1 is 1.24 bits per heavy atom. The molecule has 2 fully saturated rings. The van der Waals surface area contributed by atoms with Crippen molar-refractivity contribution in [2.75, 3.05) is 0 Å². The van der Waals surface area contributed by atoms with E-state index in [-0.39, 0.29) is 12.0 Å². The zero-order chi connectivity index (χ0) is 12.8. The number of rotatable bonds is 1. The van der Waals surface area contributed by atoms with Gasteiger partial charge in [0, 0.05) is 5.92 Å². The minimum atomic E-state index is -0.759. The Morgan fingerprint density at radius 2 is 1.88 bits per heavy atom. The third-order valence-electron chi connectivity index (χ3n) is 5.81. The second kappa shape index (κ2) is 4.24. The molecule has 2 unspecified atom stereocenters. The summed E-state index contributed by atoms with van der Waals surface area (Å²) < 4.78 is 0. The Kier molecular flexibility index (Phi) is 3.33. The van der Waals surface area contributed by atoms with Gasteiger partial charge in [-0.05, 0) is 50.4 Å². The van der Waals surface area contributed by atoms with E-state index in [0.29, 0.717) is 11.3 Å². The second-order valence-electron chi connectivity index (χ2n) is 7.30. The van der Waals surface area contributed by atoms with Gasteiger partial charge >= 0.3 is 0 Å². The van der Waals surface area contributed by atoms with Gasteiger partial charge in [-0.15, -0.1) is 0 Å². The number of hydrogen-bond acceptors (Lipinski definition) is 2. The van der Waals surface area contributed by atoms with Crippen LogP contribution in [0.1, 0.15) is 59.8 Å². The predicted octanol–water partition coefficient (Wildman–Crippen LogP) is 2.97. The zero-order valence-corrected chi connectivity index (χ0v) is 11.7. The number of fused-ring (bicyclic) bond motifs is 1. The van der Waals surface area contributed by atoms with E-state index in [2.05, 4.69) is 13.8 Å². The minimum Gasteiger partial charge on any atom is -0.393 e. The molecular weight excluding hydrogens is 212 g/mol. The maximum Gasteiger partial charge on any atom is 0.0644 e. The monoisotopic (exact) mass is 240 g/mol. The Hall–Kier alpha value is -0.0800. The maximum atomic E-state index is 10.3. The van der Waals surface area contributed by atoms with Gasteiger partial charge in [-0.1, -0.05) is 26.7 Å². The molecule has 0 bridgehead atoms. The maximum absolute atomic E-state index is 10.3. The average molecular weight is 240 g/mol. The van der Waals surface area contributed by atoms with E-state index >= 15 is 0 Å². The molecule has 0 aliphatic heterocycles. The molecule has 5 atom stereocenters. The van der Waals surface area contributed by atoms with Crippen molar-refractivity contribution in [1.29, 1.82) is 0 Å². The summed E-state index contributed by atoms with van der Waals surface area (Å²) >= 11 is 0. The van der Waals surface area contributed by atoms with Crippen LogP contribution in [0, 0.1) is 23.2 Å². The van der Waals surface area contributed by atoms with Gasteiger partial charge in [0.2, 0.25) is 0 Å². The summed E-state index contributed by atoms with van der Waals surface area (Å²) in [4.78, 5) is 0. The van der Waals surface area contributed by atoms with E-state index in [1.807, 2.05) is 13.8 Å². The smallest absolute Gasteiger partial charge is 0.0644 e. The van der Waals surface area contributed by atoms with Gasteiger partial charge in [0.15, 0.2) is 0 Å². The highest BCUT2D eigenvalue weighted by Crippen LogP contribution is 2.56. The van der Waals surface area contributed by atoms with Crippen molar-refractivity contribution in [2.45, 2.75) is 71.5 Å². The fourth-order valence-corrected chi connectivity index (χ4v) is 4.27. The first-order valence-corrected chi connectivity index (χ1v) is 7.15. The molecule has 100 valence electrons. The zero-order valence-electron chi connectivity index (χ0n) is 11.7. The molecule has 0 saturated heterocycles. The second-order valence-corrected chi connectivity index (χ2v) is 7.30. The third-order valence-corrected chi connectivity index (χ3v) is 5.81. The lowest BCUT2D eigenvalue weighted by Gasteiger charge is -2.55. The summed E-state index contributed by atoms with van der Waals surface area (Å²) in [5.74, 6) is 1.41. The van der Waals surface area contributed by atoms with Gasteiger partial charge < -0.3 is 10.2 Å². The molecule has 2 nitrogen and oxygen atoms in total. The summed E-state index contributed by atoms with van der Waals surface area (Å²) in [6.07, 6.45) is 5.41. The van der Waals surface area contributed by atoms with Crippen LogP contribution >= 0.6 is 0 Å². The third kappa shape index (κ3) is 2.26. The van der Waals surface area contributed by atoms with E-state index in [9.17, 15) is 10.2 Å². The molecule has 0 aromatic carbocycles. The molecule has 2 N–H and O–H groups in total. The van der Waals surface area contributed by atoms with Gasteiger partial charge in [-0.3, -0.25) is 0 Å². The highest BCUT2D eigenvalue weighted by molar-refractivity contribution is 5.01. The van der Waals surface area contributed by atoms with Crippen LogP contribution in [0.15, 0.2) is 0 Å². The predicted molar refractivity (Wildman–Crippen MR) is 69.6 cm³/mol. The molecule has 2 saturated carbocycles. The molecule has 0 aromatic heterocycles. The molecule has 2 aliphatic carbocycles. The first-order chi connectivity index (χ1) is 7.75. The van der Waals surface area contributed by atoms with Crippen LogP contribution in [0.4, 0.5) is 0 Å². The minimum absolute atomic E-state index is 0.0318. The fourth-order valence-electron chi connectivity index (χ4n) is 4.27. The van der Waals surface area contributed by atoms with E-state index in [4.69, 9.17) is 0 Å². The van der Waals surface area contributed by atoms with Gasteiger partial charge in [-0.25, -0.2) is 0 Å². The van der Waals surface area contributed by atoms with Crippen LogP contribution < -0.4 is 0 Å². The first-order valence-electron chi connectivity index (χ1n) is 7.15. The van der Waals surface area contributed by atoms with Gasteiger partial charge in [0.25, 0.3) is 0 Å². The van der Waals surface area contributed by atoms with E-state index in [1.165, 1.54) is 19.3 Å². The van der Waals surface area contributed by atoms with Crippen molar-refractivity contribution in [3.05, 3.63) is 0 Å². The summed E-state index contributed by atoms with van der Waals surface area (Å²) in [6.45, 7) is 8.42. The van der Waals surface area contributed by atoms with E-state index in [1.54, 1.807) is 0 Å². The molecular formula is C15H28O2.